The van der Waals surface area contributed by atoms with E-state index in [9.17, 15) is 19.2 Å². The fourth-order valence-corrected chi connectivity index (χ4v) is 3.69. The van der Waals surface area contributed by atoms with E-state index in [0.717, 1.165) is 0 Å². The van der Waals surface area contributed by atoms with E-state index in [1.165, 1.54) is 26.8 Å². The summed E-state index contributed by atoms with van der Waals surface area (Å²) >= 11 is 0. The van der Waals surface area contributed by atoms with E-state index in [-0.39, 0.29) is 37.2 Å². The summed E-state index contributed by atoms with van der Waals surface area (Å²) in [5, 5.41) is 9.09. The van der Waals surface area contributed by atoms with E-state index in [0.29, 0.717) is 11.1 Å². The number of aliphatic hydroxyl groups is 1. The van der Waals surface area contributed by atoms with Crippen LogP contribution in [0.2, 0.25) is 0 Å². The number of carbonyl (C=O) groups excluding carboxylic acids is 4. The van der Waals surface area contributed by atoms with Crippen molar-refractivity contribution in [1.29, 1.82) is 0 Å². The van der Waals surface area contributed by atoms with Crippen molar-refractivity contribution < 1.29 is 43.2 Å². The maximum Gasteiger partial charge on any atom is 0.334 e. The number of carbonyl (C=O) groups is 4. The number of fused-ring (bicyclic) bond motifs is 1. The van der Waals surface area contributed by atoms with Crippen LogP contribution in [0.4, 0.5) is 0 Å². The Morgan fingerprint density at radius 2 is 1.91 bits per heavy atom. The maximum absolute atomic E-state index is 12.6. The van der Waals surface area contributed by atoms with Gasteiger partial charge in [0.05, 0.1) is 12.5 Å². The molecule has 0 aromatic rings. The van der Waals surface area contributed by atoms with Crippen molar-refractivity contribution in [3.63, 3.8) is 0 Å². The van der Waals surface area contributed by atoms with E-state index >= 15 is 0 Å². The van der Waals surface area contributed by atoms with E-state index in [4.69, 9.17) is 24.1 Å². The fraction of sp³-hybridized carbons (Fsp3) is 0.500. The zero-order valence-electron chi connectivity index (χ0n) is 19.3. The minimum atomic E-state index is -0.861. The average Bonchev–Trinajstić information content (AvgIpc) is 3.00. The first-order valence-electron chi connectivity index (χ1n) is 10.6. The minimum Gasteiger partial charge on any atom is -0.461 e. The lowest BCUT2D eigenvalue weighted by Gasteiger charge is -2.29. The van der Waals surface area contributed by atoms with Crippen molar-refractivity contribution in [3.05, 3.63) is 47.1 Å². The molecule has 9 nitrogen and oxygen atoms in total. The molecule has 180 valence electrons. The molecule has 0 saturated carbocycles. The summed E-state index contributed by atoms with van der Waals surface area (Å²) in [7, 11) is 0. The maximum atomic E-state index is 12.6. The number of ether oxygens (including phenoxy) is 4. The van der Waals surface area contributed by atoms with E-state index in [1.807, 2.05) is 0 Å². The molecule has 4 atom stereocenters. The Morgan fingerprint density at radius 1 is 1.21 bits per heavy atom. The van der Waals surface area contributed by atoms with Crippen molar-refractivity contribution >= 4 is 23.9 Å². The van der Waals surface area contributed by atoms with Gasteiger partial charge in [0.1, 0.15) is 24.9 Å². The van der Waals surface area contributed by atoms with Crippen LogP contribution in [0, 0.1) is 5.92 Å². The molecule has 1 N–H and O–H groups in total. The largest absolute Gasteiger partial charge is 0.461 e. The highest BCUT2D eigenvalue weighted by Gasteiger charge is 2.45. The first kappa shape index (κ1) is 26.1. The molecule has 0 spiro atoms. The third-order valence-corrected chi connectivity index (χ3v) is 5.43. The van der Waals surface area contributed by atoms with Crippen molar-refractivity contribution in [3.8, 4) is 0 Å². The molecular formula is C24H30O9. The van der Waals surface area contributed by atoms with Crippen LogP contribution < -0.4 is 0 Å². The Bertz CT molecular complexity index is 909. The fourth-order valence-electron chi connectivity index (χ4n) is 3.69. The molecule has 1 heterocycles. The summed E-state index contributed by atoms with van der Waals surface area (Å²) in [6, 6.07) is 0. The number of esters is 4. The molecule has 33 heavy (non-hydrogen) atoms. The molecule has 2 rings (SSSR count). The molecule has 0 aromatic carbocycles. The molecule has 2 aliphatic rings. The van der Waals surface area contributed by atoms with Gasteiger partial charge in [-0.15, -0.1) is 0 Å². The van der Waals surface area contributed by atoms with E-state index in [2.05, 4.69) is 6.58 Å². The molecule has 0 amide bonds. The van der Waals surface area contributed by atoms with Gasteiger partial charge >= 0.3 is 23.9 Å². The molecule has 1 fully saturated rings. The van der Waals surface area contributed by atoms with Gasteiger partial charge in [0.15, 0.2) is 0 Å². The zero-order chi connectivity index (χ0) is 24.7. The topological polar surface area (TPSA) is 125 Å². The van der Waals surface area contributed by atoms with Gasteiger partial charge in [-0.05, 0) is 37.1 Å². The normalized spacial score (nSPS) is 28.9. The van der Waals surface area contributed by atoms with E-state index < -0.39 is 48.1 Å². The monoisotopic (exact) mass is 462 g/mol. The van der Waals surface area contributed by atoms with Gasteiger partial charge in [-0.2, -0.15) is 0 Å². The van der Waals surface area contributed by atoms with Crippen LogP contribution in [-0.2, 0) is 38.1 Å². The van der Waals surface area contributed by atoms with Gasteiger partial charge in [0.2, 0.25) is 0 Å². The number of hydrogen-bond donors (Lipinski definition) is 1. The van der Waals surface area contributed by atoms with Crippen LogP contribution in [0.25, 0.3) is 0 Å². The summed E-state index contributed by atoms with van der Waals surface area (Å²) in [4.78, 5) is 48.0. The van der Waals surface area contributed by atoms with Crippen LogP contribution in [0.3, 0.4) is 0 Å². The summed E-state index contributed by atoms with van der Waals surface area (Å²) in [6.45, 7) is 9.26. The van der Waals surface area contributed by atoms with Crippen LogP contribution >= 0.6 is 0 Å². The highest BCUT2D eigenvalue weighted by molar-refractivity contribution is 5.92. The van der Waals surface area contributed by atoms with Crippen molar-refractivity contribution in [2.75, 3.05) is 13.2 Å². The van der Waals surface area contributed by atoms with Gasteiger partial charge in [-0.25, -0.2) is 9.59 Å². The summed E-state index contributed by atoms with van der Waals surface area (Å²) in [5.74, 6) is -2.95. The highest BCUT2D eigenvalue weighted by Crippen LogP contribution is 2.37. The molecule has 1 aliphatic carbocycles. The first-order chi connectivity index (χ1) is 15.5. The molecular weight excluding hydrogens is 432 g/mol. The van der Waals surface area contributed by atoms with E-state index in [1.54, 1.807) is 19.1 Å². The predicted octanol–water partition coefficient (Wildman–Crippen LogP) is 2.10. The molecule has 1 aliphatic heterocycles. The third-order valence-electron chi connectivity index (χ3n) is 5.43. The van der Waals surface area contributed by atoms with Gasteiger partial charge < -0.3 is 24.1 Å². The number of hydrogen-bond acceptors (Lipinski definition) is 9. The molecule has 0 aromatic heterocycles. The third kappa shape index (κ3) is 7.15. The second-order valence-corrected chi connectivity index (χ2v) is 8.03. The molecule has 0 unspecified atom stereocenters. The van der Waals surface area contributed by atoms with Crippen molar-refractivity contribution in [2.24, 2.45) is 5.92 Å². The molecule has 0 bridgehead atoms. The number of rotatable bonds is 6. The molecule has 1 saturated heterocycles. The quantitative estimate of drug-likeness (QED) is 0.273. The predicted molar refractivity (Wildman–Crippen MR) is 116 cm³/mol. The van der Waals surface area contributed by atoms with Gasteiger partial charge in [0.25, 0.3) is 0 Å². The second kappa shape index (κ2) is 11.6. The highest BCUT2D eigenvalue weighted by atomic mass is 16.6. The zero-order valence-corrected chi connectivity index (χ0v) is 19.3. The second-order valence-electron chi connectivity index (χ2n) is 8.03. The minimum absolute atomic E-state index is 0.0664. The standard InChI is InChI=1S/C24H30O9/c1-13(8-9-25)23(28)32-21-11-18(12-30-16(4)26)6-7-19(31-17(5)27)14(2)10-20-22(21)15(3)24(29)33-20/h6,8,10,19-22,25H,3,7,9,11-12H2,1-2,4-5H3/b13-8+,14-10-,18-6-/t19-,20-,21-,22+/m1/s1. The Labute approximate surface area is 192 Å². The molecule has 9 heteroatoms. The van der Waals surface area contributed by atoms with Crippen LogP contribution in [0.1, 0.15) is 40.5 Å². The van der Waals surface area contributed by atoms with Crippen LogP contribution in [0.15, 0.2) is 47.1 Å². The summed E-state index contributed by atoms with van der Waals surface area (Å²) < 4.78 is 21.8. The SMILES string of the molecule is C=C1C(=O)O[C@@H]2/C=C(/C)[C@H](OC(C)=O)C/C=C(\COC(C)=O)C[C@@H](OC(=O)/C(C)=C/CO)[C@@H]12. The van der Waals surface area contributed by atoms with Gasteiger partial charge in [-0.3, -0.25) is 9.59 Å². The first-order valence-corrected chi connectivity index (χ1v) is 10.6. The van der Waals surface area contributed by atoms with Crippen LogP contribution in [-0.4, -0.2) is 60.5 Å². The lowest BCUT2D eigenvalue weighted by Crippen LogP contribution is -2.35. The van der Waals surface area contributed by atoms with Crippen LogP contribution in [0.5, 0.6) is 0 Å². The average molecular weight is 462 g/mol. The Hall–Kier alpha value is -3.20. The Balaban J connectivity index is 2.50. The summed E-state index contributed by atoms with van der Waals surface area (Å²) in [5.41, 5.74) is 1.61. The molecule has 0 radical (unpaired) electrons. The van der Waals surface area contributed by atoms with Crippen molar-refractivity contribution in [1.82, 2.24) is 0 Å². The van der Waals surface area contributed by atoms with Crippen molar-refractivity contribution in [2.45, 2.75) is 58.8 Å². The number of aliphatic hydroxyl groups excluding tert-OH is 1. The Kier molecular flexibility index (Phi) is 9.16. The lowest BCUT2D eigenvalue weighted by atomic mass is 9.85. The smallest absolute Gasteiger partial charge is 0.334 e. The summed E-state index contributed by atoms with van der Waals surface area (Å²) in [6.07, 6.45) is 2.90. The van der Waals surface area contributed by atoms with Gasteiger partial charge in [-0.1, -0.05) is 12.7 Å². The lowest BCUT2D eigenvalue weighted by molar-refractivity contribution is -0.148. The Morgan fingerprint density at radius 3 is 2.52 bits per heavy atom. The van der Waals surface area contributed by atoms with Gasteiger partial charge in [0, 0.05) is 37.8 Å².